The number of hydrogen-bond acceptors (Lipinski definition) is 3. The molecule has 96 valence electrons. The van der Waals surface area contributed by atoms with Crippen LogP contribution in [0.1, 0.15) is 53.9 Å². The molecule has 0 radical (unpaired) electrons. The molecule has 16 heavy (non-hydrogen) atoms. The molecule has 0 aliphatic carbocycles. The van der Waals surface area contributed by atoms with Crippen LogP contribution < -0.4 is 0 Å². The lowest BCUT2D eigenvalue weighted by Crippen LogP contribution is -2.32. The largest absolute Gasteiger partial charge is 0.466 e. The van der Waals surface area contributed by atoms with Crippen LogP contribution in [-0.4, -0.2) is 25.3 Å². The number of unbranched alkanes of at least 4 members (excludes halogenated alkanes) is 1. The molecule has 0 saturated heterocycles. The highest BCUT2D eigenvalue weighted by Gasteiger charge is 2.29. The molecule has 1 unspecified atom stereocenters. The van der Waals surface area contributed by atoms with Crippen molar-refractivity contribution in [2.24, 2.45) is 5.41 Å². The number of rotatable bonds is 8. The average Bonchev–Trinajstić information content (AvgIpc) is 2.17. The van der Waals surface area contributed by atoms with Crippen LogP contribution in [0, 0.1) is 5.41 Å². The predicted molar refractivity (Wildman–Crippen MR) is 65.4 cm³/mol. The van der Waals surface area contributed by atoms with E-state index in [-0.39, 0.29) is 17.5 Å². The van der Waals surface area contributed by atoms with E-state index in [4.69, 9.17) is 9.47 Å². The normalized spacial score (nSPS) is 13.6. The molecule has 0 aromatic carbocycles. The van der Waals surface area contributed by atoms with E-state index >= 15 is 0 Å². The minimum absolute atomic E-state index is 0.0659. The van der Waals surface area contributed by atoms with Gasteiger partial charge >= 0.3 is 5.97 Å². The summed E-state index contributed by atoms with van der Waals surface area (Å²) in [5.74, 6) is -0.120. The molecule has 0 rings (SSSR count). The van der Waals surface area contributed by atoms with E-state index in [1.54, 1.807) is 0 Å². The molecular formula is C13H26O3. The van der Waals surface area contributed by atoms with Gasteiger partial charge < -0.3 is 9.47 Å². The molecule has 0 aliphatic rings. The number of carbonyl (C=O) groups is 1. The third-order valence-electron chi connectivity index (χ3n) is 2.88. The molecule has 0 bridgehead atoms. The number of ether oxygens (including phenoxy) is 2. The summed E-state index contributed by atoms with van der Waals surface area (Å²) in [6.45, 7) is 11.3. The molecule has 0 aliphatic heterocycles. The Morgan fingerprint density at radius 2 is 1.94 bits per heavy atom. The van der Waals surface area contributed by atoms with Gasteiger partial charge in [-0.1, -0.05) is 27.2 Å². The van der Waals surface area contributed by atoms with Crippen LogP contribution in [-0.2, 0) is 14.3 Å². The summed E-state index contributed by atoms with van der Waals surface area (Å²) in [5, 5.41) is 0. The van der Waals surface area contributed by atoms with Crippen LogP contribution in [0.25, 0.3) is 0 Å². The maximum absolute atomic E-state index is 11.6. The van der Waals surface area contributed by atoms with Crippen LogP contribution in [0.5, 0.6) is 0 Å². The fourth-order valence-corrected chi connectivity index (χ4v) is 1.37. The zero-order valence-electron chi connectivity index (χ0n) is 11.3. The molecule has 0 aromatic rings. The molecule has 0 spiro atoms. The first-order valence-corrected chi connectivity index (χ1v) is 6.21. The summed E-state index contributed by atoms with van der Waals surface area (Å²) in [5.41, 5.74) is -0.167. The molecule has 0 aromatic heterocycles. The van der Waals surface area contributed by atoms with Crippen molar-refractivity contribution in [3.8, 4) is 0 Å². The zero-order chi connectivity index (χ0) is 12.6. The number of carbonyl (C=O) groups excluding carboxylic acids is 1. The number of hydrogen-bond donors (Lipinski definition) is 0. The van der Waals surface area contributed by atoms with E-state index in [0.717, 1.165) is 12.8 Å². The molecule has 0 N–H and O–H groups in total. The van der Waals surface area contributed by atoms with E-state index in [2.05, 4.69) is 6.92 Å². The summed E-state index contributed by atoms with van der Waals surface area (Å²) in [6.07, 6.45) is 2.47. The minimum atomic E-state index is -0.167. The second kappa shape index (κ2) is 7.66. The lowest BCUT2D eigenvalue weighted by atomic mass is 9.84. The third kappa shape index (κ3) is 6.11. The summed E-state index contributed by atoms with van der Waals surface area (Å²) in [4.78, 5) is 11.6. The van der Waals surface area contributed by atoms with Gasteiger partial charge in [0.15, 0.2) is 0 Å². The van der Waals surface area contributed by atoms with Gasteiger partial charge in [-0.05, 0) is 20.3 Å². The Morgan fingerprint density at radius 1 is 1.31 bits per heavy atom. The smallest absolute Gasteiger partial charge is 0.306 e. The Hall–Kier alpha value is -0.570. The van der Waals surface area contributed by atoms with Crippen molar-refractivity contribution in [1.82, 2.24) is 0 Å². The molecular weight excluding hydrogens is 204 g/mol. The van der Waals surface area contributed by atoms with Gasteiger partial charge in [0, 0.05) is 12.0 Å². The molecule has 0 fully saturated rings. The van der Waals surface area contributed by atoms with Gasteiger partial charge in [0.25, 0.3) is 0 Å². The number of esters is 1. The van der Waals surface area contributed by atoms with Crippen LogP contribution in [0.15, 0.2) is 0 Å². The lowest BCUT2D eigenvalue weighted by Gasteiger charge is -2.30. The first kappa shape index (κ1) is 15.4. The third-order valence-corrected chi connectivity index (χ3v) is 2.88. The summed E-state index contributed by atoms with van der Waals surface area (Å²) >= 11 is 0. The molecule has 0 heterocycles. The minimum Gasteiger partial charge on any atom is -0.466 e. The maximum Gasteiger partial charge on any atom is 0.306 e. The van der Waals surface area contributed by atoms with Gasteiger partial charge in [0.05, 0.1) is 19.1 Å². The SMILES string of the molecule is CCCCOC(=O)CC(C)(C)C(C)OCC. The fourth-order valence-electron chi connectivity index (χ4n) is 1.37. The topological polar surface area (TPSA) is 35.5 Å². The van der Waals surface area contributed by atoms with Crippen LogP contribution in [0.4, 0.5) is 0 Å². The van der Waals surface area contributed by atoms with E-state index in [1.165, 1.54) is 0 Å². The standard InChI is InChI=1S/C13H26O3/c1-6-8-9-16-12(14)10-13(4,5)11(3)15-7-2/h11H,6-10H2,1-5H3. The van der Waals surface area contributed by atoms with Crippen LogP contribution >= 0.6 is 0 Å². The maximum atomic E-state index is 11.6. The summed E-state index contributed by atoms with van der Waals surface area (Å²) in [7, 11) is 0. The summed E-state index contributed by atoms with van der Waals surface area (Å²) < 4.78 is 10.7. The molecule has 0 saturated carbocycles. The second-order valence-electron chi connectivity index (χ2n) is 4.84. The highest BCUT2D eigenvalue weighted by atomic mass is 16.5. The van der Waals surface area contributed by atoms with Crippen molar-refractivity contribution in [1.29, 1.82) is 0 Å². The highest BCUT2D eigenvalue weighted by molar-refractivity contribution is 5.70. The van der Waals surface area contributed by atoms with Crippen molar-refractivity contribution < 1.29 is 14.3 Å². The van der Waals surface area contributed by atoms with Gasteiger partial charge in [0.1, 0.15) is 0 Å². The van der Waals surface area contributed by atoms with Crippen LogP contribution in [0.2, 0.25) is 0 Å². The van der Waals surface area contributed by atoms with Gasteiger partial charge in [-0.2, -0.15) is 0 Å². The van der Waals surface area contributed by atoms with E-state index < -0.39 is 0 Å². The monoisotopic (exact) mass is 230 g/mol. The van der Waals surface area contributed by atoms with Gasteiger partial charge in [-0.15, -0.1) is 0 Å². The van der Waals surface area contributed by atoms with E-state index in [9.17, 15) is 4.79 Å². The van der Waals surface area contributed by atoms with Gasteiger partial charge in [0.2, 0.25) is 0 Å². The van der Waals surface area contributed by atoms with E-state index in [1.807, 2.05) is 27.7 Å². The van der Waals surface area contributed by atoms with E-state index in [0.29, 0.717) is 19.6 Å². The Balaban J connectivity index is 3.99. The second-order valence-corrected chi connectivity index (χ2v) is 4.84. The average molecular weight is 230 g/mol. The van der Waals surface area contributed by atoms with Gasteiger partial charge in [-0.25, -0.2) is 0 Å². The van der Waals surface area contributed by atoms with Crippen molar-refractivity contribution in [3.05, 3.63) is 0 Å². The first-order chi connectivity index (χ1) is 7.44. The molecule has 0 amide bonds. The predicted octanol–water partition coefficient (Wildman–Crippen LogP) is 3.17. The van der Waals surface area contributed by atoms with Crippen molar-refractivity contribution in [3.63, 3.8) is 0 Å². The van der Waals surface area contributed by atoms with Crippen molar-refractivity contribution in [2.75, 3.05) is 13.2 Å². The van der Waals surface area contributed by atoms with Gasteiger partial charge in [-0.3, -0.25) is 4.79 Å². The first-order valence-electron chi connectivity index (χ1n) is 6.21. The van der Waals surface area contributed by atoms with Crippen molar-refractivity contribution >= 4 is 5.97 Å². The van der Waals surface area contributed by atoms with Crippen LogP contribution in [0.3, 0.4) is 0 Å². The molecule has 1 atom stereocenters. The fraction of sp³-hybridized carbons (Fsp3) is 0.923. The van der Waals surface area contributed by atoms with Crippen molar-refractivity contribution in [2.45, 2.75) is 60.0 Å². The zero-order valence-corrected chi connectivity index (χ0v) is 11.3. The highest BCUT2D eigenvalue weighted by Crippen LogP contribution is 2.27. The lowest BCUT2D eigenvalue weighted by molar-refractivity contribution is -0.148. The Labute approximate surface area is 99.5 Å². The quantitative estimate of drug-likeness (QED) is 0.474. The summed E-state index contributed by atoms with van der Waals surface area (Å²) in [6, 6.07) is 0. The Kier molecular flexibility index (Phi) is 7.39. The molecule has 3 nitrogen and oxygen atoms in total. The molecule has 3 heteroatoms. The Bertz CT molecular complexity index is 199. The Morgan fingerprint density at radius 3 is 2.44 bits per heavy atom.